The van der Waals surface area contributed by atoms with E-state index in [2.05, 4.69) is 15.6 Å². The molecule has 0 radical (unpaired) electrons. The number of ether oxygens (including phenoxy) is 2. The predicted octanol–water partition coefficient (Wildman–Crippen LogP) is 3.99. The predicted molar refractivity (Wildman–Crippen MR) is 129 cm³/mol. The van der Waals surface area contributed by atoms with E-state index in [1.54, 1.807) is 48.5 Å². The lowest BCUT2D eigenvalue weighted by Gasteiger charge is -2.11. The highest BCUT2D eigenvalue weighted by Crippen LogP contribution is 2.20. The SMILES string of the molecule is CCOc1ccc(NC(=O)CNC(=O)c2ccccc2OCc2cn3cccc(C)c3n2)cc1. The van der Waals surface area contributed by atoms with Crippen LogP contribution in [0.4, 0.5) is 5.69 Å². The lowest BCUT2D eigenvalue weighted by molar-refractivity contribution is -0.115. The lowest BCUT2D eigenvalue weighted by atomic mass is 10.2. The van der Waals surface area contributed by atoms with E-state index in [0.29, 0.717) is 23.6 Å². The molecule has 2 aromatic heterocycles. The first-order valence-electron chi connectivity index (χ1n) is 11.0. The largest absolute Gasteiger partial charge is 0.494 e. The number of anilines is 1. The van der Waals surface area contributed by atoms with Crippen molar-refractivity contribution in [2.75, 3.05) is 18.5 Å². The molecule has 0 aliphatic carbocycles. The summed E-state index contributed by atoms with van der Waals surface area (Å²) in [6.45, 7) is 4.51. The van der Waals surface area contributed by atoms with Gasteiger partial charge in [-0.3, -0.25) is 9.59 Å². The van der Waals surface area contributed by atoms with Crippen molar-refractivity contribution in [2.24, 2.45) is 0 Å². The zero-order chi connectivity index (χ0) is 23.9. The molecule has 0 aliphatic heterocycles. The Balaban J connectivity index is 1.34. The number of fused-ring (bicyclic) bond motifs is 1. The van der Waals surface area contributed by atoms with E-state index in [1.165, 1.54) is 0 Å². The number of amides is 2. The van der Waals surface area contributed by atoms with Crippen molar-refractivity contribution in [1.29, 1.82) is 0 Å². The number of nitrogens with zero attached hydrogens (tertiary/aromatic N) is 2. The molecule has 34 heavy (non-hydrogen) atoms. The number of imidazole rings is 1. The van der Waals surface area contributed by atoms with Crippen LogP contribution in [-0.4, -0.2) is 34.4 Å². The summed E-state index contributed by atoms with van der Waals surface area (Å²) >= 11 is 0. The smallest absolute Gasteiger partial charge is 0.255 e. The fraction of sp³-hybridized carbons (Fsp3) is 0.192. The van der Waals surface area contributed by atoms with Gasteiger partial charge in [0.15, 0.2) is 0 Å². The topological polar surface area (TPSA) is 94.0 Å². The highest BCUT2D eigenvalue weighted by molar-refractivity contribution is 6.00. The highest BCUT2D eigenvalue weighted by Gasteiger charge is 2.14. The first-order chi connectivity index (χ1) is 16.5. The first-order valence-corrected chi connectivity index (χ1v) is 11.0. The first kappa shape index (κ1) is 22.8. The molecule has 0 saturated carbocycles. The van der Waals surface area contributed by atoms with Gasteiger partial charge in [-0.05, 0) is 61.9 Å². The summed E-state index contributed by atoms with van der Waals surface area (Å²) in [5, 5.41) is 5.39. The maximum Gasteiger partial charge on any atom is 0.255 e. The number of rotatable bonds is 9. The van der Waals surface area contributed by atoms with E-state index in [1.807, 2.05) is 42.8 Å². The van der Waals surface area contributed by atoms with Crippen LogP contribution in [0.25, 0.3) is 5.65 Å². The number of hydrogen-bond donors (Lipinski definition) is 2. The van der Waals surface area contributed by atoms with Gasteiger partial charge in [-0.2, -0.15) is 0 Å². The second kappa shape index (κ2) is 10.5. The third kappa shape index (κ3) is 5.53. The molecule has 0 aliphatic rings. The number of aryl methyl sites for hydroxylation is 1. The molecule has 2 aromatic carbocycles. The van der Waals surface area contributed by atoms with Crippen LogP contribution in [0, 0.1) is 6.92 Å². The number of carbonyl (C=O) groups is 2. The molecule has 0 atom stereocenters. The zero-order valence-electron chi connectivity index (χ0n) is 19.1. The third-order valence-corrected chi connectivity index (χ3v) is 5.09. The number of pyridine rings is 1. The molecular formula is C26H26N4O4. The number of aromatic nitrogens is 2. The molecule has 0 fully saturated rings. The molecular weight excluding hydrogens is 432 g/mol. The summed E-state index contributed by atoms with van der Waals surface area (Å²) in [4.78, 5) is 29.6. The molecule has 8 heteroatoms. The monoisotopic (exact) mass is 458 g/mol. The van der Waals surface area contributed by atoms with E-state index in [4.69, 9.17) is 9.47 Å². The van der Waals surface area contributed by atoms with Crippen LogP contribution in [0.5, 0.6) is 11.5 Å². The van der Waals surface area contributed by atoms with Crippen molar-refractivity contribution in [2.45, 2.75) is 20.5 Å². The molecule has 0 spiro atoms. The van der Waals surface area contributed by atoms with Gasteiger partial charge in [0.25, 0.3) is 5.91 Å². The minimum atomic E-state index is -0.400. The molecule has 2 heterocycles. The number of hydrogen-bond acceptors (Lipinski definition) is 5. The average molecular weight is 459 g/mol. The Morgan fingerprint density at radius 3 is 2.56 bits per heavy atom. The van der Waals surface area contributed by atoms with Crippen molar-refractivity contribution in [3.05, 3.63) is 89.9 Å². The Morgan fingerprint density at radius 2 is 1.79 bits per heavy atom. The molecule has 2 N–H and O–H groups in total. The summed E-state index contributed by atoms with van der Waals surface area (Å²) in [5.41, 5.74) is 3.65. The van der Waals surface area contributed by atoms with Gasteiger partial charge in [0.1, 0.15) is 23.8 Å². The average Bonchev–Trinajstić information content (AvgIpc) is 3.27. The Kier molecular flexibility index (Phi) is 7.07. The minimum absolute atomic E-state index is 0.175. The van der Waals surface area contributed by atoms with Gasteiger partial charge in [-0.15, -0.1) is 0 Å². The van der Waals surface area contributed by atoms with Crippen LogP contribution < -0.4 is 20.1 Å². The maximum absolute atomic E-state index is 12.7. The van der Waals surface area contributed by atoms with E-state index < -0.39 is 5.91 Å². The summed E-state index contributed by atoms with van der Waals surface area (Å²) in [6.07, 6.45) is 3.83. The van der Waals surface area contributed by atoms with Crippen LogP contribution >= 0.6 is 0 Å². The minimum Gasteiger partial charge on any atom is -0.494 e. The normalized spacial score (nSPS) is 10.6. The number of carbonyl (C=O) groups excluding carboxylic acids is 2. The van der Waals surface area contributed by atoms with E-state index in [9.17, 15) is 9.59 Å². The third-order valence-electron chi connectivity index (χ3n) is 5.09. The van der Waals surface area contributed by atoms with Crippen LogP contribution in [0.15, 0.2) is 73.1 Å². The van der Waals surface area contributed by atoms with Crippen molar-refractivity contribution < 1.29 is 19.1 Å². The Hall–Kier alpha value is -4.33. The van der Waals surface area contributed by atoms with Gasteiger partial charge in [-0.25, -0.2) is 4.98 Å². The van der Waals surface area contributed by atoms with Crippen molar-refractivity contribution in [3.63, 3.8) is 0 Å². The fourth-order valence-corrected chi connectivity index (χ4v) is 3.47. The maximum atomic E-state index is 12.7. The molecule has 2 amide bonds. The second-order valence-corrected chi connectivity index (χ2v) is 7.63. The fourth-order valence-electron chi connectivity index (χ4n) is 3.47. The quantitative estimate of drug-likeness (QED) is 0.396. The molecule has 4 rings (SSSR count). The van der Waals surface area contributed by atoms with Crippen LogP contribution in [0.2, 0.25) is 0 Å². The van der Waals surface area contributed by atoms with Crippen LogP contribution in [0.1, 0.15) is 28.5 Å². The molecule has 4 aromatic rings. The van der Waals surface area contributed by atoms with Crippen molar-refractivity contribution >= 4 is 23.1 Å². The second-order valence-electron chi connectivity index (χ2n) is 7.63. The molecule has 0 unspecified atom stereocenters. The van der Waals surface area contributed by atoms with Crippen molar-refractivity contribution in [3.8, 4) is 11.5 Å². The van der Waals surface area contributed by atoms with Gasteiger partial charge in [-0.1, -0.05) is 18.2 Å². The summed E-state index contributed by atoms with van der Waals surface area (Å²) < 4.78 is 13.2. The molecule has 0 bridgehead atoms. The van der Waals surface area contributed by atoms with Gasteiger partial charge in [0.05, 0.1) is 24.4 Å². The van der Waals surface area contributed by atoms with E-state index >= 15 is 0 Å². The summed E-state index contributed by atoms with van der Waals surface area (Å²) in [5.74, 6) is 0.407. The highest BCUT2D eigenvalue weighted by atomic mass is 16.5. The Labute approximate surface area is 197 Å². The Morgan fingerprint density at radius 1 is 1.00 bits per heavy atom. The van der Waals surface area contributed by atoms with E-state index in [0.717, 1.165) is 22.7 Å². The standard InChI is InChI=1S/C26H26N4O4/c1-3-33-21-12-10-19(11-13-21)28-24(31)15-27-26(32)22-8-4-5-9-23(22)34-17-20-16-30-14-6-7-18(2)25(30)29-20/h4-14,16H,3,15,17H2,1-2H3,(H,27,32)(H,28,31). The van der Waals surface area contributed by atoms with Gasteiger partial charge in [0, 0.05) is 18.1 Å². The summed E-state index contributed by atoms with van der Waals surface area (Å²) in [6, 6.07) is 17.9. The van der Waals surface area contributed by atoms with Crippen LogP contribution in [-0.2, 0) is 11.4 Å². The van der Waals surface area contributed by atoms with Gasteiger partial charge in [0.2, 0.25) is 5.91 Å². The Bertz CT molecular complexity index is 1300. The van der Waals surface area contributed by atoms with Gasteiger partial charge < -0.3 is 24.5 Å². The number of benzene rings is 2. The van der Waals surface area contributed by atoms with Crippen LogP contribution in [0.3, 0.4) is 0 Å². The van der Waals surface area contributed by atoms with Gasteiger partial charge >= 0.3 is 0 Å². The lowest BCUT2D eigenvalue weighted by Crippen LogP contribution is -2.33. The zero-order valence-corrected chi connectivity index (χ0v) is 19.1. The number of nitrogens with one attached hydrogen (secondary N) is 2. The number of para-hydroxylation sites is 1. The van der Waals surface area contributed by atoms with E-state index in [-0.39, 0.29) is 19.1 Å². The molecule has 0 saturated heterocycles. The molecule has 8 nitrogen and oxygen atoms in total. The molecule has 174 valence electrons. The summed E-state index contributed by atoms with van der Waals surface area (Å²) in [7, 11) is 0. The van der Waals surface area contributed by atoms with Crippen molar-refractivity contribution in [1.82, 2.24) is 14.7 Å².